The van der Waals surface area contributed by atoms with Crippen LogP contribution in [0.15, 0.2) is 0 Å². The lowest BCUT2D eigenvalue weighted by atomic mass is 10.00. The molecule has 0 aromatic heterocycles. The summed E-state index contributed by atoms with van der Waals surface area (Å²) < 4.78 is 0. The number of hydrogen-bond donors (Lipinski definition) is 5. The molecule has 0 aliphatic heterocycles. The highest BCUT2D eigenvalue weighted by atomic mass is 32.1. The highest BCUT2D eigenvalue weighted by Gasteiger charge is 2.12. The third-order valence-corrected chi connectivity index (χ3v) is 6.63. The van der Waals surface area contributed by atoms with Gasteiger partial charge >= 0.3 is 0 Å². The summed E-state index contributed by atoms with van der Waals surface area (Å²) in [6.07, 6.45) is 11.2. The van der Waals surface area contributed by atoms with Gasteiger partial charge in [0.15, 0.2) is 0 Å². The van der Waals surface area contributed by atoms with Crippen LogP contribution in [0.2, 0.25) is 0 Å². The predicted octanol–water partition coefficient (Wildman–Crippen LogP) is 5.45. The Hall–Kier alpha value is 1.36. The van der Waals surface area contributed by atoms with Crippen LogP contribution in [0.1, 0.15) is 78.1 Å². The van der Waals surface area contributed by atoms with Gasteiger partial charge < -0.3 is 5.73 Å². The molecule has 0 spiro atoms. The molecule has 0 radical (unpaired) electrons. The van der Waals surface area contributed by atoms with Gasteiger partial charge in [-0.1, -0.05) is 13.8 Å². The van der Waals surface area contributed by atoms with Crippen LogP contribution in [0.25, 0.3) is 0 Å². The molecule has 0 fully saturated rings. The van der Waals surface area contributed by atoms with E-state index < -0.39 is 0 Å². The van der Waals surface area contributed by atoms with Crippen molar-refractivity contribution in [3.63, 3.8) is 0 Å². The van der Waals surface area contributed by atoms with Crippen LogP contribution >= 0.6 is 50.5 Å². The summed E-state index contributed by atoms with van der Waals surface area (Å²) >= 11 is 18.4. The van der Waals surface area contributed by atoms with Crippen LogP contribution < -0.4 is 5.73 Å². The molecule has 0 bridgehead atoms. The SMILES string of the molecule is CCC(S)CCC(S)CCC(N)CCC(S)CCC(S)CC. The van der Waals surface area contributed by atoms with E-state index in [9.17, 15) is 0 Å². The topological polar surface area (TPSA) is 26.0 Å². The fraction of sp³-hybridized carbons (Fsp3) is 1.00. The largest absolute Gasteiger partial charge is 0.328 e. The van der Waals surface area contributed by atoms with Crippen LogP contribution in [-0.2, 0) is 0 Å². The van der Waals surface area contributed by atoms with E-state index in [-0.39, 0.29) is 0 Å². The lowest BCUT2D eigenvalue weighted by Crippen LogP contribution is -2.22. The Balaban J connectivity index is 3.65. The van der Waals surface area contributed by atoms with Gasteiger partial charge in [0.1, 0.15) is 0 Å². The Bertz CT molecular complexity index is 229. The highest BCUT2D eigenvalue weighted by molar-refractivity contribution is 7.81. The van der Waals surface area contributed by atoms with Crippen molar-refractivity contribution in [2.24, 2.45) is 5.73 Å². The first-order valence-electron chi connectivity index (χ1n) is 8.86. The molecule has 0 heterocycles. The monoisotopic (exact) mass is 383 g/mol. The molecule has 134 valence electrons. The molecule has 5 heteroatoms. The fourth-order valence-corrected chi connectivity index (χ4v) is 3.32. The summed E-state index contributed by atoms with van der Waals surface area (Å²) in [6, 6.07) is 0.292. The maximum atomic E-state index is 6.24. The van der Waals surface area contributed by atoms with Crippen molar-refractivity contribution in [3.05, 3.63) is 0 Å². The average molecular weight is 384 g/mol. The molecule has 0 aromatic carbocycles. The first-order valence-corrected chi connectivity index (χ1v) is 10.9. The molecule has 0 amide bonds. The molecular formula is C17H37NS4. The van der Waals surface area contributed by atoms with E-state index in [2.05, 4.69) is 64.4 Å². The first-order chi connectivity index (χ1) is 10.4. The number of rotatable bonds is 14. The van der Waals surface area contributed by atoms with Gasteiger partial charge in [-0.15, -0.1) is 0 Å². The van der Waals surface area contributed by atoms with E-state index in [4.69, 9.17) is 5.73 Å². The molecule has 1 nitrogen and oxygen atoms in total. The van der Waals surface area contributed by atoms with Gasteiger partial charge in [-0.2, -0.15) is 50.5 Å². The second kappa shape index (κ2) is 14.7. The van der Waals surface area contributed by atoms with E-state index in [1.807, 2.05) is 0 Å². The van der Waals surface area contributed by atoms with Crippen molar-refractivity contribution < 1.29 is 0 Å². The smallest absolute Gasteiger partial charge is 0.00396 e. The van der Waals surface area contributed by atoms with Crippen LogP contribution in [-0.4, -0.2) is 27.0 Å². The Kier molecular flexibility index (Phi) is 15.6. The van der Waals surface area contributed by atoms with Gasteiger partial charge in [0.05, 0.1) is 0 Å². The Morgan fingerprint density at radius 2 is 0.818 bits per heavy atom. The van der Waals surface area contributed by atoms with Gasteiger partial charge in [-0.3, -0.25) is 0 Å². The predicted molar refractivity (Wildman–Crippen MR) is 117 cm³/mol. The van der Waals surface area contributed by atoms with Crippen LogP contribution in [0.4, 0.5) is 0 Å². The van der Waals surface area contributed by atoms with Crippen molar-refractivity contribution >= 4 is 50.5 Å². The van der Waals surface area contributed by atoms with Gasteiger partial charge in [-0.25, -0.2) is 0 Å². The number of nitrogens with two attached hydrogens (primary N) is 1. The summed E-state index contributed by atoms with van der Waals surface area (Å²) in [7, 11) is 0. The Morgan fingerprint density at radius 1 is 0.545 bits per heavy atom. The zero-order valence-corrected chi connectivity index (χ0v) is 17.9. The average Bonchev–Trinajstić information content (AvgIpc) is 2.53. The third kappa shape index (κ3) is 13.8. The van der Waals surface area contributed by atoms with Crippen LogP contribution in [0.3, 0.4) is 0 Å². The summed E-state index contributed by atoms with van der Waals surface area (Å²) in [5.74, 6) is 0. The van der Waals surface area contributed by atoms with E-state index in [0.29, 0.717) is 27.0 Å². The van der Waals surface area contributed by atoms with Crippen molar-refractivity contribution in [1.29, 1.82) is 0 Å². The lowest BCUT2D eigenvalue weighted by molar-refractivity contribution is 0.496. The van der Waals surface area contributed by atoms with Crippen molar-refractivity contribution in [3.8, 4) is 0 Å². The zero-order chi connectivity index (χ0) is 17.0. The molecule has 0 aliphatic carbocycles. The number of thiol groups is 4. The van der Waals surface area contributed by atoms with Crippen LogP contribution in [0, 0.1) is 0 Å². The minimum absolute atomic E-state index is 0.292. The maximum Gasteiger partial charge on any atom is 0.00396 e. The molecule has 0 rings (SSSR count). The van der Waals surface area contributed by atoms with E-state index >= 15 is 0 Å². The molecule has 22 heavy (non-hydrogen) atoms. The second-order valence-electron chi connectivity index (χ2n) is 6.50. The summed E-state index contributed by atoms with van der Waals surface area (Å²) in [4.78, 5) is 0. The minimum atomic E-state index is 0.292. The molecular weight excluding hydrogens is 346 g/mol. The molecule has 4 unspecified atom stereocenters. The van der Waals surface area contributed by atoms with E-state index in [1.54, 1.807) is 0 Å². The zero-order valence-electron chi connectivity index (χ0n) is 14.3. The van der Waals surface area contributed by atoms with Gasteiger partial charge in [0.2, 0.25) is 0 Å². The van der Waals surface area contributed by atoms with Crippen molar-refractivity contribution in [2.45, 2.75) is 105 Å². The van der Waals surface area contributed by atoms with E-state index in [1.165, 1.54) is 0 Å². The summed E-state index contributed by atoms with van der Waals surface area (Å²) in [5, 5.41) is 1.97. The van der Waals surface area contributed by atoms with Crippen molar-refractivity contribution in [1.82, 2.24) is 0 Å². The standard InChI is InChI=1S/C17H37NS4/c1-3-14(19)9-11-16(21)7-5-13(18)6-8-17(22)12-10-15(20)4-2/h13-17,19-22H,3-12,18H2,1-2H3. The normalized spacial score (nSPS) is 18.7. The highest BCUT2D eigenvalue weighted by Crippen LogP contribution is 2.21. The quantitative estimate of drug-likeness (QED) is 0.253. The van der Waals surface area contributed by atoms with Crippen LogP contribution in [0.5, 0.6) is 0 Å². The fourth-order valence-electron chi connectivity index (χ4n) is 2.42. The molecule has 0 aromatic rings. The minimum Gasteiger partial charge on any atom is -0.328 e. The summed E-state index contributed by atoms with van der Waals surface area (Å²) in [5.41, 5.74) is 6.24. The summed E-state index contributed by atoms with van der Waals surface area (Å²) in [6.45, 7) is 4.37. The molecule has 0 saturated heterocycles. The molecule has 2 N–H and O–H groups in total. The molecule has 0 aliphatic rings. The van der Waals surface area contributed by atoms with Gasteiger partial charge in [-0.05, 0) is 64.2 Å². The second-order valence-corrected chi connectivity index (χ2v) is 9.42. The Labute approximate surface area is 161 Å². The molecule has 0 saturated carbocycles. The van der Waals surface area contributed by atoms with Gasteiger partial charge in [0.25, 0.3) is 0 Å². The van der Waals surface area contributed by atoms with E-state index in [0.717, 1.165) is 64.2 Å². The van der Waals surface area contributed by atoms with Gasteiger partial charge in [0, 0.05) is 27.0 Å². The number of hydrogen-bond acceptors (Lipinski definition) is 5. The first kappa shape index (κ1) is 23.4. The maximum absolute atomic E-state index is 6.24. The molecule has 4 atom stereocenters. The lowest BCUT2D eigenvalue weighted by Gasteiger charge is -2.18. The Morgan fingerprint density at radius 3 is 1.14 bits per heavy atom. The third-order valence-electron chi connectivity index (χ3n) is 4.35. The van der Waals surface area contributed by atoms with Crippen molar-refractivity contribution in [2.75, 3.05) is 0 Å².